The van der Waals surface area contributed by atoms with Crippen LogP contribution in [0.15, 0.2) is 0 Å². The zero-order valence-corrected chi connectivity index (χ0v) is 18.0. The van der Waals surface area contributed by atoms with Gasteiger partial charge in [-0.15, -0.1) is 0 Å². The fraction of sp³-hybridized carbons (Fsp3) is 0. The summed E-state index contributed by atoms with van der Waals surface area (Å²) in [5.41, 5.74) is 0. The van der Waals surface area contributed by atoms with E-state index >= 15 is 0 Å². The van der Waals surface area contributed by atoms with Gasteiger partial charge in [-0.05, 0) is 0 Å². The Labute approximate surface area is 130 Å². The van der Waals surface area contributed by atoms with Gasteiger partial charge >= 0.3 is 108 Å². The molecule has 0 fully saturated rings. The molecule has 0 amide bonds. The summed E-state index contributed by atoms with van der Waals surface area (Å²) in [5, 5.41) is 0. The first-order valence-corrected chi connectivity index (χ1v) is 15.8. The second kappa shape index (κ2) is 10.5. The van der Waals surface area contributed by atoms with Crippen molar-refractivity contribution in [2.75, 3.05) is 0 Å². The van der Waals surface area contributed by atoms with E-state index in [4.69, 9.17) is 0 Å². The Morgan fingerprint density at radius 3 is 0.857 bits per heavy atom. The van der Waals surface area contributed by atoms with E-state index in [2.05, 4.69) is 6.13 Å². The summed E-state index contributed by atoms with van der Waals surface area (Å²) in [6.45, 7) is 0. The van der Waals surface area contributed by atoms with Crippen LogP contribution in [0.2, 0.25) is 0 Å². The molecule has 0 aliphatic rings. The van der Waals surface area contributed by atoms with Crippen LogP contribution < -0.4 is 19.8 Å². The van der Waals surface area contributed by atoms with E-state index in [0.717, 1.165) is 0 Å². The number of rotatable bonds is 6. The summed E-state index contributed by atoms with van der Waals surface area (Å²) >= 11 is -27.9. The molecule has 17 nitrogen and oxygen atoms in total. The van der Waals surface area contributed by atoms with E-state index in [-0.39, 0.29) is 23.3 Å². The quantitative estimate of drug-likeness (QED) is 0.254. The van der Waals surface area contributed by atoms with Crippen LogP contribution in [0.25, 0.3) is 0 Å². The van der Waals surface area contributed by atoms with Gasteiger partial charge in [0.25, 0.3) is 0 Å². The molecule has 21 heteroatoms. The number of hydrogen-bond donors (Lipinski definition) is 2. The van der Waals surface area contributed by atoms with Crippen molar-refractivity contribution in [1.82, 2.24) is 12.3 Å². The van der Waals surface area contributed by atoms with Gasteiger partial charge in [-0.25, -0.2) is 0 Å². The molecule has 0 atom stereocenters. The molecule has 0 heterocycles. The van der Waals surface area contributed by atoms with Gasteiger partial charge < -0.3 is 23.3 Å². The Balaban J connectivity index is -0.000000213. The van der Waals surface area contributed by atoms with Crippen molar-refractivity contribution in [2.45, 2.75) is 0 Å². The van der Waals surface area contributed by atoms with Crippen LogP contribution in [0.4, 0.5) is 0 Å². The van der Waals surface area contributed by atoms with Crippen molar-refractivity contribution in [3.63, 3.8) is 0 Å². The summed E-state index contributed by atoms with van der Waals surface area (Å²) in [6.07, 6.45) is 0. The molecule has 0 aromatic carbocycles. The van der Waals surface area contributed by atoms with E-state index in [1.165, 1.54) is 0 Å². The normalized spacial score (nSPS) is 11.9. The molecule has 0 saturated carbocycles. The Morgan fingerprint density at radius 2 is 0.714 bits per heavy atom. The van der Waals surface area contributed by atoms with Crippen LogP contribution in [0.3, 0.4) is 0 Å². The Hall–Kier alpha value is 0.793. The van der Waals surface area contributed by atoms with Crippen molar-refractivity contribution in [3.05, 3.63) is 0 Å². The van der Waals surface area contributed by atoms with E-state index in [9.17, 15) is 34.7 Å². The first-order valence-electron chi connectivity index (χ1n) is 2.67. The molecule has 0 bridgehead atoms. The Morgan fingerprint density at radius 1 is 0.524 bits per heavy atom. The van der Waals surface area contributed by atoms with Crippen molar-refractivity contribution in [3.8, 4) is 0 Å². The molecule has 0 aliphatic carbocycles. The number of quaternary nitrogens is 2. The maximum absolute atomic E-state index is 10.5. The van der Waals surface area contributed by atoms with Crippen molar-refractivity contribution < 1.29 is 119 Å². The van der Waals surface area contributed by atoms with Gasteiger partial charge in [0.1, 0.15) is 0 Å². The predicted octanol–water partition coefficient (Wildman–Crippen LogP) is -4.44. The zero-order chi connectivity index (χ0) is 14.1. The second-order valence-corrected chi connectivity index (χ2v) is 16.8. The minimum absolute atomic E-state index is 0. The van der Waals surface area contributed by atoms with Crippen molar-refractivity contribution in [1.29, 1.82) is 0 Å². The third kappa shape index (κ3) is 20.8. The van der Waals surface area contributed by atoms with Gasteiger partial charge in [0, 0.05) is 0 Å². The van der Waals surface area contributed by atoms with Gasteiger partial charge in [0.2, 0.25) is 0 Å². The van der Waals surface area contributed by atoms with Crippen molar-refractivity contribution >= 4 is 0 Å². The molecular formula is H12Mo4N2O15. The van der Waals surface area contributed by atoms with Gasteiger partial charge in [-0.1, -0.05) is 0 Å². The fourth-order valence-corrected chi connectivity index (χ4v) is 15.4. The topological polar surface area (TPSA) is 346 Å². The third-order valence-corrected chi connectivity index (χ3v) is 17.5. The third-order valence-electron chi connectivity index (χ3n) is 0.500. The fourth-order valence-electron chi connectivity index (χ4n) is 0.329. The Bertz CT molecular complexity index is 611. The monoisotopic (exact) mass is 672 g/mol. The molecule has 0 aromatic heterocycles. The molecule has 12 N–H and O–H groups in total. The van der Waals surface area contributed by atoms with Crippen LogP contribution >= 0.6 is 0 Å². The molecule has 0 saturated heterocycles. The van der Waals surface area contributed by atoms with Gasteiger partial charge in [0.05, 0.1) is 0 Å². The van der Waals surface area contributed by atoms with E-state index in [0.29, 0.717) is 0 Å². The van der Waals surface area contributed by atoms with E-state index in [1.54, 1.807) is 0 Å². The number of hydrogen-bond acceptors (Lipinski definition) is 13. The van der Waals surface area contributed by atoms with Gasteiger partial charge in [-0.2, -0.15) is 0 Å². The van der Waals surface area contributed by atoms with Crippen LogP contribution in [0.1, 0.15) is 0 Å². The van der Waals surface area contributed by atoms with Crippen LogP contribution in [-0.2, 0) is 100 Å². The molecule has 0 aliphatic heterocycles. The minimum atomic E-state index is -7.04. The molecule has 136 valence electrons. The van der Waals surface area contributed by atoms with E-state index in [1.807, 2.05) is 0 Å². The summed E-state index contributed by atoms with van der Waals surface area (Å²) in [7, 11) is 0. The summed E-state index contributed by atoms with van der Waals surface area (Å²) in [6, 6.07) is 0. The zero-order valence-electron chi connectivity index (χ0n) is 9.94. The summed E-state index contributed by atoms with van der Waals surface area (Å²) in [4.78, 5) is 0. The molecule has 0 aromatic rings. The van der Waals surface area contributed by atoms with Gasteiger partial charge in [-0.3, -0.25) is 0 Å². The van der Waals surface area contributed by atoms with Crippen molar-refractivity contribution in [2.24, 2.45) is 0 Å². The van der Waals surface area contributed by atoms with E-state index < -0.39 is 67.0 Å². The molecule has 0 unspecified atom stereocenters. The molecule has 0 rings (SSSR count). The molecule has 0 spiro atoms. The van der Waals surface area contributed by atoms with Crippen LogP contribution in [0, 0.1) is 0 Å². The second-order valence-electron chi connectivity index (χ2n) is 1.84. The average molecular weight is 664 g/mol. The summed E-state index contributed by atoms with van der Waals surface area (Å²) in [5.74, 6) is 0. The molecule has 0 radical (unpaired) electrons. The van der Waals surface area contributed by atoms with Crippen LogP contribution in [0.5, 0.6) is 0 Å². The standard InChI is InChI=1S/4Mo.2H3N.2H2O.13O/h;;;;2*1H3;2*1H2;;;;;;;;;;;;;/q;;;;;;;;;;;;;;;;;;;2*-1/p+2. The van der Waals surface area contributed by atoms with Crippen LogP contribution in [-0.4, -0.2) is 11.0 Å². The maximum atomic E-state index is 10.5. The SMILES string of the molecule is O.O.[NH4+].[NH4+].[O]=[Mo](=[O])([O-])[O][Mo](=[O])(=[O])[O][Mo](=[O])(=[O])[O][Mo](=[O])(=[O])[O-]. The first kappa shape index (κ1) is 33.4. The first-order chi connectivity index (χ1) is 7.12. The Kier molecular flexibility index (Phi) is 16.8. The molecular weight excluding hydrogens is 652 g/mol. The predicted molar refractivity (Wildman–Crippen MR) is 27.9 cm³/mol. The summed E-state index contributed by atoms with van der Waals surface area (Å²) < 4.78 is 110. The van der Waals surface area contributed by atoms with Gasteiger partial charge in [0.15, 0.2) is 0 Å². The molecule has 21 heavy (non-hydrogen) atoms. The average Bonchev–Trinajstić information content (AvgIpc) is 1.65.